The summed E-state index contributed by atoms with van der Waals surface area (Å²) >= 11 is 0. The standard InChI is InChI=1S/C20H18FNO5S/c21-18-9-5-4-8-17(18)20(24)27-13-19(23)22(12-15-6-2-1-3-7-15)16-10-11-28(25,26)14-16/h1-11,16H,12-14H2/t16-/m0/s1. The van der Waals surface area contributed by atoms with Crippen molar-refractivity contribution in [3.63, 3.8) is 0 Å². The van der Waals surface area contributed by atoms with Crippen LogP contribution in [-0.4, -0.2) is 43.6 Å². The molecule has 0 spiro atoms. The smallest absolute Gasteiger partial charge is 0.341 e. The molecule has 0 fully saturated rings. The number of rotatable bonds is 6. The molecule has 0 saturated heterocycles. The van der Waals surface area contributed by atoms with Crippen molar-refractivity contribution < 1.29 is 27.1 Å². The van der Waals surface area contributed by atoms with Gasteiger partial charge in [0.2, 0.25) is 0 Å². The van der Waals surface area contributed by atoms with Crippen molar-refractivity contribution in [1.82, 2.24) is 4.90 Å². The van der Waals surface area contributed by atoms with Gasteiger partial charge in [0, 0.05) is 12.0 Å². The lowest BCUT2D eigenvalue weighted by Gasteiger charge is -2.27. The van der Waals surface area contributed by atoms with Gasteiger partial charge >= 0.3 is 5.97 Å². The zero-order valence-electron chi connectivity index (χ0n) is 14.8. The van der Waals surface area contributed by atoms with Gasteiger partial charge in [-0.25, -0.2) is 17.6 Å². The highest BCUT2D eigenvalue weighted by molar-refractivity contribution is 7.94. The Morgan fingerprint density at radius 3 is 2.39 bits per heavy atom. The summed E-state index contributed by atoms with van der Waals surface area (Å²) < 4.78 is 42.1. The predicted molar refractivity (Wildman–Crippen MR) is 100 cm³/mol. The number of sulfone groups is 1. The van der Waals surface area contributed by atoms with Crippen LogP contribution in [-0.2, 0) is 25.9 Å². The quantitative estimate of drug-likeness (QED) is 0.692. The number of esters is 1. The molecule has 1 atom stereocenters. The molecule has 8 heteroatoms. The first-order chi connectivity index (χ1) is 13.4. The summed E-state index contributed by atoms with van der Waals surface area (Å²) in [7, 11) is -3.38. The SMILES string of the molecule is O=C(OCC(=O)N(Cc1ccccc1)[C@H]1C=CS(=O)(=O)C1)c1ccccc1F. The zero-order valence-corrected chi connectivity index (χ0v) is 15.6. The second-order valence-corrected chi connectivity index (χ2v) is 8.22. The number of benzene rings is 2. The van der Waals surface area contributed by atoms with Gasteiger partial charge in [0.15, 0.2) is 16.4 Å². The number of nitrogens with zero attached hydrogens (tertiary/aromatic N) is 1. The van der Waals surface area contributed by atoms with E-state index in [9.17, 15) is 22.4 Å². The molecule has 0 bridgehead atoms. The van der Waals surface area contributed by atoms with Gasteiger partial charge in [0.25, 0.3) is 5.91 Å². The van der Waals surface area contributed by atoms with Crippen LogP contribution >= 0.6 is 0 Å². The van der Waals surface area contributed by atoms with E-state index in [0.29, 0.717) is 0 Å². The van der Waals surface area contributed by atoms with Crippen molar-refractivity contribution >= 4 is 21.7 Å². The van der Waals surface area contributed by atoms with E-state index < -0.39 is 40.2 Å². The van der Waals surface area contributed by atoms with Gasteiger partial charge in [-0.05, 0) is 23.8 Å². The third-order valence-electron chi connectivity index (χ3n) is 4.25. The molecule has 146 valence electrons. The van der Waals surface area contributed by atoms with Crippen LogP contribution in [0, 0.1) is 5.82 Å². The molecule has 0 aromatic heterocycles. The van der Waals surface area contributed by atoms with Crippen LogP contribution in [0.3, 0.4) is 0 Å². The molecule has 1 aliphatic rings. The van der Waals surface area contributed by atoms with E-state index in [0.717, 1.165) is 17.0 Å². The maximum Gasteiger partial charge on any atom is 0.341 e. The van der Waals surface area contributed by atoms with Crippen molar-refractivity contribution in [1.29, 1.82) is 0 Å². The number of halogens is 1. The van der Waals surface area contributed by atoms with Crippen molar-refractivity contribution in [2.75, 3.05) is 12.4 Å². The summed E-state index contributed by atoms with van der Waals surface area (Å²) in [5.74, 6) is -2.50. The molecule has 6 nitrogen and oxygen atoms in total. The molecule has 28 heavy (non-hydrogen) atoms. The average Bonchev–Trinajstić information content (AvgIpc) is 3.04. The topological polar surface area (TPSA) is 80.8 Å². The van der Waals surface area contributed by atoms with E-state index in [1.54, 1.807) is 24.3 Å². The first-order valence-corrected chi connectivity index (χ1v) is 10.2. The van der Waals surface area contributed by atoms with Crippen LogP contribution < -0.4 is 0 Å². The third kappa shape index (κ3) is 4.83. The number of hydrogen-bond acceptors (Lipinski definition) is 5. The summed E-state index contributed by atoms with van der Waals surface area (Å²) in [6, 6.07) is 13.7. The molecule has 0 radical (unpaired) electrons. The Hall–Kier alpha value is -3.00. The Kier molecular flexibility index (Phi) is 5.89. The van der Waals surface area contributed by atoms with E-state index >= 15 is 0 Å². The minimum absolute atomic E-state index is 0.154. The van der Waals surface area contributed by atoms with Gasteiger partial charge in [0.05, 0.1) is 17.4 Å². The number of carbonyl (C=O) groups excluding carboxylic acids is 2. The second-order valence-electron chi connectivity index (χ2n) is 6.29. The predicted octanol–water partition coefficient (Wildman–Crippen LogP) is 2.32. The first kappa shape index (κ1) is 19.8. The number of ether oxygens (including phenoxy) is 1. The molecular weight excluding hydrogens is 385 g/mol. The van der Waals surface area contributed by atoms with E-state index in [1.165, 1.54) is 29.2 Å². The Balaban J connectivity index is 1.72. The summed E-state index contributed by atoms with van der Waals surface area (Å²) in [5, 5.41) is 1.08. The maximum atomic E-state index is 13.7. The zero-order chi connectivity index (χ0) is 20.1. The van der Waals surface area contributed by atoms with Gasteiger partial charge in [-0.15, -0.1) is 0 Å². The molecule has 2 aromatic carbocycles. The second kappa shape index (κ2) is 8.35. The van der Waals surface area contributed by atoms with Crippen LogP contribution in [0.25, 0.3) is 0 Å². The number of carbonyl (C=O) groups is 2. The van der Waals surface area contributed by atoms with E-state index in [2.05, 4.69) is 0 Å². The van der Waals surface area contributed by atoms with Crippen LogP contribution in [0.2, 0.25) is 0 Å². The summed E-state index contributed by atoms with van der Waals surface area (Å²) in [6.07, 6.45) is 1.44. The molecule has 1 heterocycles. The van der Waals surface area contributed by atoms with Crippen molar-refractivity contribution in [2.24, 2.45) is 0 Å². The average molecular weight is 403 g/mol. The van der Waals surface area contributed by atoms with Gasteiger partial charge in [-0.3, -0.25) is 4.79 Å². The lowest BCUT2D eigenvalue weighted by atomic mass is 10.1. The summed E-state index contributed by atoms with van der Waals surface area (Å²) in [5.41, 5.74) is 0.530. The molecule has 1 amide bonds. The molecule has 0 aliphatic carbocycles. The molecular formula is C20H18FNO5S. The van der Waals surface area contributed by atoms with Crippen LogP contribution in [0.5, 0.6) is 0 Å². The lowest BCUT2D eigenvalue weighted by Crippen LogP contribution is -2.42. The van der Waals surface area contributed by atoms with Crippen molar-refractivity contribution in [2.45, 2.75) is 12.6 Å². The van der Waals surface area contributed by atoms with Crippen LogP contribution in [0.1, 0.15) is 15.9 Å². The highest BCUT2D eigenvalue weighted by atomic mass is 32.2. The molecule has 0 saturated carbocycles. The van der Waals surface area contributed by atoms with E-state index in [4.69, 9.17) is 4.74 Å². The Bertz CT molecular complexity index is 1000. The molecule has 1 aliphatic heterocycles. The number of amides is 1. The molecule has 0 N–H and O–H groups in total. The van der Waals surface area contributed by atoms with Crippen molar-refractivity contribution in [3.8, 4) is 0 Å². The van der Waals surface area contributed by atoms with Gasteiger partial charge in [0.1, 0.15) is 5.82 Å². The van der Waals surface area contributed by atoms with Crippen molar-refractivity contribution in [3.05, 3.63) is 83.0 Å². The highest BCUT2D eigenvalue weighted by Gasteiger charge is 2.31. The van der Waals surface area contributed by atoms with Crippen LogP contribution in [0.15, 0.2) is 66.1 Å². The third-order valence-corrected chi connectivity index (χ3v) is 5.63. The maximum absolute atomic E-state index is 13.7. The lowest BCUT2D eigenvalue weighted by molar-refractivity contribution is -0.136. The largest absolute Gasteiger partial charge is 0.452 e. The molecule has 0 unspecified atom stereocenters. The first-order valence-electron chi connectivity index (χ1n) is 8.52. The minimum atomic E-state index is -3.38. The van der Waals surface area contributed by atoms with Gasteiger partial charge < -0.3 is 9.64 Å². The van der Waals surface area contributed by atoms with Gasteiger partial charge in [-0.2, -0.15) is 0 Å². The fourth-order valence-electron chi connectivity index (χ4n) is 2.84. The normalized spacial score (nSPS) is 17.2. The monoisotopic (exact) mass is 403 g/mol. The van der Waals surface area contributed by atoms with Crippen LogP contribution in [0.4, 0.5) is 4.39 Å². The Labute approximate surface area is 162 Å². The number of hydrogen-bond donors (Lipinski definition) is 0. The fraction of sp³-hybridized carbons (Fsp3) is 0.200. The van der Waals surface area contributed by atoms with E-state index in [1.807, 2.05) is 6.07 Å². The Morgan fingerprint density at radius 1 is 1.07 bits per heavy atom. The summed E-state index contributed by atoms with van der Waals surface area (Å²) in [4.78, 5) is 26.1. The fourth-order valence-corrected chi connectivity index (χ4v) is 4.14. The molecule has 3 rings (SSSR count). The van der Waals surface area contributed by atoms with Gasteiger partial charge in [-0.1, -0.05) is 42.5 Å². The highest BCUT2D eigenvalue weighted by Crippen LogP contribution is 2.18. The Morgan fingerprint density at radius 2 is 1.75 bits per heavy atom. The van der Waals surface area contributed by atoms with E-state index in [-0.39, 0.29) is 17.9 Å². The molecule has 2 aromatic rings. The summed E-state index contributed by atoms with van der Waals surface area (Å²) in [6.45, 7) is -0.466. The minimum Gasteiger partial charge on any atom is -0.452 e.